The SMILES string of the molecule is CC(C)Oc1ccc(NC(N)=NCC(C(C)C)N2CCN(C)CC2)cc1. The molecule has 0 amide bonds. The van der Waals surface area contributed by atoms with Crippen molar-refractivity contribution in [3.8, 4) is 5.75 Å². The van der Waals surface area contributed by atoms with Crippen LogP contribution in [0.15, 0.2) is 29.3 Å². The molecular formula is C20H35N5O. The summed E-state index contributed by atoms with van der Waals surface area (Å²) < 4.78 is 5.66. The summed E-state index contributed by atoms with van der Waals surface area (Å²) in [4.78, 5) is 9.52. The molecule has 6 nitrogen and oxygen atoms in total. The molecule has 1 heterocycles. The second-order valence-electron chi connectivity index (χ2n) is 7.69. The molecule has 0 saturated carbocycles. The monoisotopic (exact) mass is 361 g/mol. The van der Waals surface area contributed by atoms with Crippen LogP contribution in [0.1, 0.15) is 27.7 Å². The number of likely N-dealkylation sites (N-methyl/N-ethyl adjacent to an activating group) is 1. The van der Waals surface area contributed by atoms with Crippen LogP contribution in [0.4, 0.5) is 5.69 Å². The van der Waals surface area contributed by atoms with Gasteiger partial charge in [-0.05, 0) is 51.1 Å². The van der Waals surface area contributed by atoms with Crippen LogP contribution in [0.2, 0.25) is 0 Å². The van der Waals surface area contributed by atoms with Crippen molar-refractivity contribution in [2.75, 3.05) is 45.1 Å². The fourth-order valence-corrected chi connectivity index (χ4v) is 3.17. The van der Waals surface area contributed by atoms with Gasteiger partial charge in [0.1, 0.15) is 5.75 Å². The molecule has 0 aromatic heterocycles. The zero-order chi connectivity index (χ0) is 19.1. The van der Waals surface area contributed by atoms with E-state index in [-0.39, 0.29) is 6.10 Å². The van der Waals surface area contributed by atoms with E-state index in [1.807, 2.05) is 38.1 Å². The zero-order valence-corrected chi connectivity index (χ0v) is 16.9. The lowest BCUT2D eigenvalue weighted by atomic mass is 10.0. The Kier molecular flexibility index (Phi) is 7.72. The molecule has 146 valence electrons. The maximum absolute atomic E-state index is 6.11. The molecular weight excluding hydrogens is 326 g/mol. The lowest BCUT2D eigenvalue weighted by molar-refractivity contribution is 0.0926. The number of nitrogens with two attached hydrogens (primary N) is 1. The molecule has 1 aromatic rings. The number of aliphatic imine (C=N–C) groups is 1. The van der Waals surface area contributed by atoms with Crippen molar-refractivity contribution >= 4 is 11.6 Å². The Balaban J connectivity index is 1.90. The standard InChI is InChI=1S/C20H35N5O/c1-15(2)19(25-12-10-24(5)11-13-25)14-22-20(21)23-17-6-8-18(9-7-17)26-16(3)4/h6-9,15-16,19H,10-14H2,1-5H3,(H3,21,22,23). The highest BCUT2D eigenvalue weighted by Crippen LogP contribution is 2.17. The first-order valence-corrected chi connectivity index (χ1v) is 9.61. The summed E-state index contributed by atoms with van der Waals surface area (Å²) in [5.74, 6) is 1.86. The third-order valence-electron chi connectivity index (χ3n) is 4.72. The Morgan fingerprint density at radius 1 is 1.12 bits per heavy atom. The van der Waals surface area contributed by atoms with E-state index in [9.17, 15) is 0 Å². The smallest absolute Gasteiger partial charge is 0.193 e. The molecule has 1 saturated heterocycles. The Labute approximate surface area is 158 Å². The highest BCUT2D eigenvalue weighted by molar-refractivity contribution is 5.92. The van der Waals surface area contributed by atoms with Crippen LogP contribution in [0, 0.1) is 5.92 Å². The van der Waals surface area contributed by atoms with Crippen molar-refractivity contribution < 1.29 is 4.74 Å². The van der Waals surface area contributed by atoms with Gasteiger partial charge in [-0.25, -0.2) is 0 Å². The van der Waals surface area contributed by atoms with E-state index in [1.54, 1.807) is 0 Å². The molecule has 1 atom stereocenters. The first-order chi connectivity index (χ1) is 12.3. The minimum absolute atomic E-state index is 0.169. The minimum atomic E-state index is 0.169. The van der Waals surface area contributed by atoms with Crippen LogP contribution in [0.25, 0.3) is 0 Å². The van der Waals surface area contributed by atoms with Crippen molar-refractivity contribution in [1.29, 1.82) is 0 Å². The van der Waals surface area contributed by atoms with Gasteiger partial charge < -0.3 is 20.7 Å². The number of nitrogens with zero attached hydrogens (tertiary/aromatic N) is 3. The van der Waals surface area contributed by atoms with Crippen molar-refractivity contribution in [2.45, 2.75) is 39.8 Å². The van der Waals surface area contributed by atoms with Crippen molar-refractivity contribution in [3.63, 3.8) is 0 Å². The van der Waals surface area contributed by atoms with Gasteiger partial charge in [-0.15, -0.1) is 0 Å². The first kappa shape index (κ1) is 20.5. The van der Waals surface area contributed by atoms with Crippen molar-refractivity contribution in [1.82, 2.24) is 9.80 Å². The molecule has 3 N–H and O–H groups in total. The molecule has 1 unspecified atom stereocenters. The van der Waals surface area contributed by atoms with E-state index >= 15 is 0 Å². The number of piperazine rings is 1. The number of hydrogen-bond donors (Lipinski definition) is 2. The van der Waals surface area contributed by atoms with Crippen LogP contribution in [0.5, 0.6) is 5.75 Å². The highest BCUT2D eigenvalue weighted by Gasteiger charge is 2.24. The number of guanidine groups is 1. The average molecular weight is 362 g/mol. The summed E-state index contributed by atoms with van der Waals surface area (Å²) >= 11 is 0. The number of benzene rings is 1. The number of hydrogen-bond acceptors (Lipinski definition) is 4. The third-order valence-corrected chi connectivity index (χ3v) is 4.72. The van der Waals surface area contributed by atoms with Gasteiger partial charge in [0.2, 0.25) is 0 Å². The molecule has 26 heavy (non-hydrogen) atoms. The minimum Gasteiger partial charge on any atom is -0.491 e. The molecule has 0 aliphatic carbocycles. The topological polar surface area (TPSA) is 66.1 Å². The van der Waals surface area contributed by atoms with E-state index in [4.69, 9.17) is 10.5 Å². The summed E-state index contributed by atoms with van der Waals surface area (Å²) in [5.41, 5.74) is 7.02. The van der Waals surface area contributed by atoms with Crippen LogP contribution < -0.4 is 15.8 Å². The maximum Gasteiger partial charge on any atom is 0.193 e. The van der Waals surface area contributed by atoms with Gasteiger partial charge in [0.05, 0.1) is 12.6 Å². The summed E-state index contributed by atoms with van der Waals surface area (Å²) in [5, 5.41) is 3.17. The third kappa shape index (κ3) is 6.50. The van der Waals surface area contributed by atoms with E-state index in [0.29, 0.717) is 17.9 Å². The van der Waals surface area contributed by atoms with Gasteiger partial charge >= 0.3 is 0 Å². The predicted molar refractivity (Wildman–Crippen MR) is 110 cm³/mol. The molecule has 0 bridgehead atoms. The van der Waals surface area contributed by atoms with Crippen molar-refractivity contribution in [2.24, 2.45) is 16.6 Å². The number of rotatable bonds is 7. The molecule has 0 radical (unpaired) electrons. The molecule has 1 fully saturated rings. The molecule has 1 aliphatic heterocycles. The van der Waals surface area contributed by atoms with Crippen LogP contribution in [0.3, 0.4) is 0 Å². The normalized spacial score (nSPS) is 18.3. The lowest BCUT2D eigenvalue weighted by Crippen LogP contribution is -2.51. The fourth-order valence-electron chi connectivity index (χ4n) is 3.17. The Morgan fingerprint density at radius 3 is 2.27 bits per heavy atom. The molecule has 0 spiro atoms. The Morgan fingerprint density at radius 2 is 1.73 bits per heavy atom. The maximum atomic E-state index is 6.11. The Bertz CT molecular complexity index is 562. The molecule has 2 rings (SSSR count). The summed E-state index contributed by atoms with van der Waals surface area (Å²) in [6, 6.07) is 8.22. The lowest BCUT2D eigenvalue weighted by Gasteiger charge is -2.39. The van der Waals surface area contributed by atoms with E-state index in [2.05, 4.69) is 41.0 Å². The second-order valence-corrected chi connectivity index (χ2v) is 7.69. The zero-order valence-electron chi connectivity index (χ0n) is 16.9. The highest BCUT2D eigenvalue weighted by atomic mass is 16.5. The molecule has 1 aliphatic rings. The van der Waals surface area contributed by atoms with E-state index in [1.165, 1.54) is 0 Å². The van der Waals surface area contributed by atoms with Gasteiger partial charge in [-0.3, -0.25) is 9.89 Å². The summed E-state index contributed by atoms with van der Waals surface area (Å²) in [6.07, 6.45) is 0.169. The largest absolute Gasteiger partial charge is 0.491 e. The fraction of sp³-hybridized carbons (Fsp3) is 0.650. The summed E-state index contributed by atoms with van der Waals surface area (Å²) in [6.45, 7) is 13.7. The Hall–Kier alpha value is -1.79. The van der Waals surface area contributed by atoms with Gasteiger partial charge in [-0.2, -0.15) is 0 Å². The first-order valence-electron chi connectivity index (χ1n) is 9.61. The van der Waals surface area contributed by atoms with Crippen LogP contribution in [-0.2, 0) is 0 Å². The van der Waals surface area contributed by atoms with E-state index in [0.717, 1.165) is 44.2 Å². The van der Waals surface area contributed by atoms with Crippen LogP contribution in [-0.4, -0.2) is 67.7 Å². The van der Waals surface area contributed by atoms with E-state index < -0.39 is 0 Å². The van der Waals surface area contributed by atoms with Crippen molar-refractivity contribution in [3.05, 3.63) is 24.3 Å². The number of anilines is 1. The van der Waals surface area contributed by atoms with Crippen LogP contribution >= 0.6 is 0 Å². The number of ether oxygens (including phenoxy) is 1. The predicted octanol–water partition coefficient (Wildman–Crippen LogP) is 2.47. The second kappa shape index (κ2) is 9.78. The van der Waals surface area contributed by atoms with Gasteiger partial charge in [0.25, 0.3) is 0 Å². The summed E-state index contributed by atoms with van der Waals surface area (Å²) in [7, 11) is 2.18. The van der Waals surface area contributed by atoms with Gasteiger partial charge in [0.15, 0.2) is 5.96 Å². The van der Waals surface area contributed by atoms with Gasteiger partial charge in [0, 0.05) is 37.9 Å². The van der Waals surface area contributed by atoms with Gasteiger partial charge in [-0.1, -0.05) is 13.8 Å². The molecule has 6 heteroatoms. The average Bonchev–Trinajstić information content (AvgIpc) is 2.57. The quantitative estimate of drug-likeness (QED) is 0.577. The molecule has 1 aromatic carbocycles. The number of nitrogens with one attached hydrogen (secondary N) is 1.